The summed E-state index contributed by atoms with van der Waals surface area (Å²) >= 11 is 0. The van der Waals surface area contributed by atoms with Crippen molar-refractivity contribution >= 4 is 0 Å². The Labute approximate surface area is 85.8 Å². The van der Waals surface area contributed by atoms with E-state index in [1.54, 1.807) is 0 Å². The Morgan fingerprint density at radius 2 is 2.00 bits per heavy atom. The van der Waals surface area contributed by atoms with Crippen molar-refractivity contribution < 1.29 is 5.11 Å². The highest BCUT2D eigenvalue weighted by Crippen LogP contribution is 2.29. The van der Waals surface area contributed by atoms with E-state index in [4.69, 9.17) is 5.11 Å². The quantitative estimate of drug-likeness (QED) is 0.759. The molecule has 14 heavy (non-hydrogen) atoms. The van der Waals surface area contributed by atoms with Gasteiger partial charge >= 0.3 is 0 Å². The molecule has 0 amide bonds. The Morgan fingerprint density at radius 3 is 2.64 bits per heavy atom. The fraction of sp³-hybridized carbons (Fsp3) is 0.538. The van der Waals surface area contributed by atoms with E-state index in [-0.39, 0.29) is 0 Å². The first-order chi connectivity index (χ1) is 6.70. The van der Waals surface area contributed by atoms with Crippen LogP contribution in [-0.2, 0) is 12.8 Å². The molecule has 1 N–H and O–H groups in total. The van der Waals surface area contributed by atoms with Crippen molar-refractivity contribution in [2.45, 2.75) is 32.6 Å². The Bertz CT molecular complexity index is 328. The minimum Gasteiger partial charge on any atom is -0.396 e. The summed E-state index contributed by atoms with van der Waals surface area (Å²) in [5, 5.41) is 9.12. The van der Waals surface area contributed by atoms with Crippen LogP contribution in [0, 0.1) is 5.92 Å². The number of hydrogen-bond acceptors (Lipinski definition) is 1. The summed E-state index contributed by atoms with van der Waals surface area (Å²) in [4.78, 5) is 0. The molecule has 0 spiro atoms. The number of rotatable bonds is 2. The molecule has 2 rings (SSSR count). The zero-order valence-electron chi connectivity index (χ0n) is 8.96. The van der Waals surface area contributed by atoms with Crippen LogP contribution < -0.4 is 0 Å². The Kier molecular flexibility index (Phi) is 2.60. The summed E-state index contributed by atoms with van der Waals surface area (Å²) in [6.45, 7) is 4.77. The van der Waals surface area contributed by atoms with Gasteiger partial charge < -0.3 is 5.11 Å². The molecule has 1 heteroatoms. The SMILES string of the molecule is CC(C)c1ccc2c(c1)C[C@@H](CO)C2. The second-order valence-electron chi connectivity index (χ2n) is 4.64. The lowest BCUT2D eigenvalue weighted by atomic mass is 9.99. The van der Waals surface area contributed by atoms with Crippen molar-refractivity contribution in [1.82, 2.24) is 0 Å². The Balaban J connectivity index is 2.26. The van der Waals surface area contributed by atoms with Crippen molar-refractivity contribution in [2.24, 2.45) is 5.92 Å². The average molecular weight is 190 g/mol. The van der Waals surface area contributed by atoms with Crippen molar-refractivity contribution in [1.29, 1.82) is 0 Å². The number of aliphatic hydroxyl groups excluding tert-OH is 1. The number of hydrogen-bond donors (Lipinski definition) is 1. The van der Waals surface area contributed by atoms with Gasteiger partial charge in [-0.05, 0) is 41.4 Å². The molecule has 0 saturated heterocycles. The fourth-order valence-electron chi connectivity index (χ4n) is 2.22. The van der Waals surface area contributed by atoms with Crippen LogP contribution in [0.3, 0.4) is 0 Å². The first-order valence-corrected chi connectivity index (χ1v) is 5.43. The molecule has 0 saturated carbocycles. The van der Waals surface area contributed by atoms with Crippen LogP contribution in [0.4, 0.5) is 0 Å². The number of fused-ring (bicyclic) bond motifs is 1. The van der Waals surface area contributed by atoms with E-state index in [0.717, 1.165) is 12.8 Å². The van der Waals surface area contributed by atoms with Crippen LogP contribution in [-0.4, -0.2) is 11.7 Å². The molecule has 0 unspecified atom stereocenters. The van der Waals surface area contributed by atoms with Gasteiger partial charge in [-0.15, -0.1) is 0 Å². The largest absolute Gasteiger partial charge is 0.396 e. The third kappa shape index (κ3) is 1.69. The number of benzene rings is 1. The van der Waals surface area contributed by atoms with Gasteiger partial charge in [0.1, 0.15) is 0 Å². The molecule has 0 heterocycles. The third-order valence-electron chi connectivity index (χ3n) is 3.17. The lowest BCUT2D eigenvalue weighted by molar-refractivity contribution is 0.232. The summed E-state index contributed by atoms with van der Waals surface area (Å²) < 4.78 is 0. The van der Waals surface area contributed by atoms with Crippen LogP contribution in [0.15, 0.2) is 18.2 Å². The van der Waals surface area contributed by atoms with Crippen LogP contribution in [0.5, 0.6) is 0 Å². The predicted molar refractivity (Wildman–Crippen MR) is 58.5 cm³/mol. The average Bonchev–Trinajstić information content (AvgIpc) is 2.58. The summed E-state index contributed by atoms with van der Waals surface area (Å²) in [5.41, 5.74) is 4.31. The zero-order valence-corrected chi connectivity index (χ0v) is 8.96. The lowest BCUT2D eigenvalue weighted by Gasteiger charge is -2.07. The van der Waals surface area contributed by atoms with E-state index >= 15 is 0 Å². The first-order valence-electron chi connectivity index (χ1n) is 5.43. The van der Waals surface area contributed by atoms with Crippen molar-refractivity contribution in [2.75, 3.05) is 6.61 Å². The maximum atomic E-state index is 9.12. The van der Waals surface area contributed by atoms with Gasteiger partial charge in [0.05, 0.1) is 0 Å². The van der Waals surface area contributed by atoms with Crippen LogP contribution in [0.1, 0.15) is 36.5 Å². The van der Waals surface area contributed by atoms with E-state index in [0.29, 0.717) is 18.4 Å². The second kappa shape index (κ2) is 3.74. The van der Waals surface area contributed by atoms with Gasteiger partial charge in [-0.3, -0.25) is 0 Å². The molecular formula is C13H18O. The van der Waals surface area contributed by atoms with Crippen LogP contribution in [0.25, 0.3) is 0 Å². The summed E-state index contributed by atoms with van der Waals surface area (Å²) in [6, 6.07) is 6.78. The minimum atomic E-state index is 0.325. The standard InChI is InChI=1S/C13H18O/c1-9(2)11-3-4-12-5-10(8-14)6-13(12)7-11/h3-4,7,9-10,14H,5-6,8H2,1-2H3/t10-/m0/s1. The maximum Gasteiger partial charge on any atom is 0.0465 e. The first kappa shape index (κ1) is 9.72. The van der Waals surface area contributed by atoms with E-state index in [1.807, 2.05) is 0 Å². The normalized spacial score (nSPS) is 20.1. The highest BCUT2D eigenvalue weighted by atomic mass is 16.3. The molecule has 1 aliphatic rings. The molecule has 0 bridgehead atoms. The molecule has 0 fully saturated rings. The van der Waals surface area contributed by atoms with Gasteiger partial charge in [0, 0.05) is 6.61 Å². The van der Waals surface area contributed by atoms with Crippen molar-refractivity contribution in [3.8, 4) is 0 Å². The number of aliphatic hydroxyl groups is 1. The highest BCUT2D eigenvalue weighted by molar-refractivity contribution is 5.37. The summed E-state index contributed by atoms with van der Waals surface area (Å²) in [7, 11) is 0. The minimum absolute atomic E-state index is 0.325. The fourth-order valence-corrected chi connectivity index (χ4v) is 2.22. The van der Waals surface area contributed by atoms with E-state index < -0.39 is 0 Å². The molecule has 0 aromatic heterocycles. The molecule has 1 aromatic rings. The summed E-state index contributed by atoms with van der Waals surface area (Å²) in [5.74, 6) is 1.07. The highest BCUT2D eigenvalue weighted by Gasteiger charge is 2.20. The van der Waals surface area contributed by atoms with E-state index in [9.17, 15) is 0 Å². The van der Waals surface area contributed by atoms with Crippen LogP contribution >= 0.6 is 0 Å². The second-order valence-corrected chi connectivity index (χ2v) is 4.64. The molecule has 1 nitrogen and oxygen atoms in total. The Hall–Kier alpha value is -0.820. The predicted octanol–water partition coefficient (Wildman–Crippen LogP) is 2.52. The van der Waals surface area contributed by atoms with Gasteiger partial charge in [-0.2, -0.15) is 0 Å². The van der Waals surface area contributed by atoms with Gasteiger partial charge in [0.2, 0.25) is 0 Å². The van der Waals surface area contributed by atoms with Gasteiger partial charge in [0.25, 0.3) is 0 Å². The molecule has 76 valence electrons. The molecular weight excluding hydrogens is 172 g/mol. The molecule has 1 aliphatic carbocycles. The van der Waals surface area contributed by atoms with Crippen molar-refractivity contribution in [3.63, 3.8) is 0 Å². The van der Waals surface area contributed by atoms with Crippen molar-refractivity contribution in [3.05, 3.63) is 34.9 Å². The molecule has 0 radical (unpaired) electrons. The smallest absolute Gasteiger partial charge is 0.0465 e. The molecule has 0 aliphatic heterocycles. The maximum absolute atomic E-state index is 9.12. The molecule has 1 aromatic carbocycles. The van der Waals surface area contributed by atoms with Crippen LogP contribution in [0.2, 0.25) is 0 Å². The molecule has 1 atom stereocenters. The van der Waals surface area contributed by atoms with Gasteiger partial charge in [-0.25, -0.2) is 0 Å². The van der Waals surface area contributed by atoms with E-state index in [1.165, 1.54) is 16.7 Å². The van der Waals surface area contributed by atoms with E-state index in [2.05, 4.69) is 32.0 Å². The monoisotopic (exact) mass is 190 g/mol. The topological polar surface area (TPSA) is 20.2 Å². The lowest BCUT2D eigenvalue weighted by Crippen LogP contribution is -2.04. The van der Waals surface area contributed by atoms with Gasteiger partial charge in [-0.1, -0.05) is 32.0 Å². The van der Waals surface area contributed by atoms with Gasteiger partial charge in [0.15, 0.2) is 0 Å². The third-order valence-corrected chi connectivity index (χ3v) is 3.17. The summed E-state index contributed by atoms with van der Waals surface area (Å²) in [6.07, 6.45) is 2.12. The Morgan fingerprint density at radius 1 is 1.29 bits per heavy atom. The zero-order chi connectivity index (χ0) is 10.1.